The Morgan fingerprint density at radius 3 is 2.90 bits per heavy atom. The summed E-state index contributed by atoms with van der Waals surface area (Å²) < 4.78 is 0. The highest BCUT2D eigenvalue weighted by molar-refractivity contribution is 5.95. The third-order valence-corrected chi connectivity index (χ3v) is 4.15. The first kappa shape index (κ1) is 14.9. The zero-order valence-corrected chi connectivity index (χ0v) is 12.3. The van der Waals surface area contributed by atoms with Crippen molar-refractivity contribution in [1.82, 2.24) is 5.32 Å². The van der Waals surface area contributed by atoms with Gasteiger partial charge in [-0.25, -0.2) is 0 Å². The van der Waals surface area contributed by atoms with E-state index >= 15 is 0 Å². The average Bonchev–Trinajstić information content (AvgIpc) is 2.44. The number of amides is 1. The molecule has 0 bridgehead atoms. The van der Waals surface area contributed by atoms with Crippen molar-refractivity contribution in [3.05, 3.63) is 23.8 Å². The van der Waals surface area contributed by atoms with Crippen LogP contribution in [0.4, 0.5) is 5.69 Å². The Morgan fingerprint density at radius 1 is 1.50 bits per heavy atom. The van der Waals surface area contributed by atoms with Crippen LogP contribution in [0.25, 0.3) is 0 Å². The van der Waals surface area contributed by atoms with Gasteiger partial charge < -0.3 is 15.7 Å². The zero-order chi connectivity index (χ0) is 14.6. The standard InChI is InChI=1S/C16H24N2O2/c1-3-7-16(8-4-9-17-11-16)15(20)18-13-6-5-12(2)14(19)10-13/h5-6,10,17,19H,3-4,7-9,11H2,1-2H3,(H,18,20). The maximum Gasteiger partial charge on any atom is 0.231 e. The number of phenols is 1. The molecule has 1 aliphatic heterocycles. The van der Waals surface area contributed by atoms with E-state index in [0.29, 0.717) is 5.69 Å². The lowest BCUT2D eigenvalue weighted by Crippen LogP contribution is -2.48. The van der Waals surface area contributed by atoms with Crippen LogP contribution in [0, 0.1) is 12.3 Å². The van der Waals surface area contributed by atoms with Crippen molar-refractivity contribution in [1.29, 1.82) is 0 Å². The molecule has 2 rings (SSSR count). The minimum absolute atomic E-state index is 0.0646. The monoisotopic (exact) mass is 276 g/mol. The van der Waals surface area contributed by atoms with Crippen LogP contribution in [-0.2, 0) is 4.79 Å². The molecule has 0 spiro atoms. The first-order valence-electron chi connectivity index (χ1n) is 7.39. The summed E-state index contributed by atoms with van der Waals surface area (Å²) >= 11 is 0. The summed E-state index contributed by atoms with van der Waals surface area (Å²) in [5.74, 6) is 0.281. The Kier molecular flexibility index (Phi) is 4.65. The fraction of sp³-hybridized carbons (Fsp3) is 0.562. The fourth-order valence-electron chi connectivity index (χ4n) is 2.92. The van der Waals surface area contributed by atoms with Crippen molar-refractivity contribution in [2.45, 2.75) is 39.5 Å². The van der Waals surface area contributed by atoms with Crippen molar-refractivity contribution < 1.29 is 9.90 Å². The Morgan fingerprint density at radius 2 is 2.30 bits per heavy atom. The molecule has 0 aromatic heterocycles. The predicted octanol–water partition coefficient (Wildman–Crippen LogP) is 2.81. The summed E-state index contributed by atoms with van der Waals surface area (Å²) in [6.07, 6.45) is 3.85. The number of piperidine rings is 1. The number of aryl methyl sites for hydroxylation is 1. The maximum atomic E-state index is 12.6. The van der Waals surface area contributed by atoms with Crippen molar-refractivity contribution in [3.8, 4) is 5.75 Å². The van der Waals surface area contributed by atoms with E-state index < -0.39 is 0 Å². The first-order valence-corrected chi connectivity index (χ1v) is 7.39. The number of phenolic OH excluding ortho intramolecular Hbond substituents is 1. The van der Waals surface area contributed by atoms with E-state index in [2.05, 4.69) is 17.6 Å². The second-order valence-corrected chi connectivity index (χ2v) is 5.77. The van der Waals surface area contributed by atoms with Gasteiger partial charge in [-0.15, -0.1) is 0 Å². The second kappa shape index (κ2) is 6.27. The van der Waals surface area contributed by atoms with Gasteiger partial charge in [0.2, 0.25) is 5.91 Å². The molecule has 1 aliphatic rings. The third kappa shape index (κ3) is 3.12. The molecule has 110 valence electrons. The third-order valence-electron chi connectivity index (χ3n) is 4.15. The Balaban J connectivity index is 2.13. The Labute approximate surface area is 120 Å². The summed E-state index contributed by atoms with van der Waals surface area (Å²) in [6, 6.07) is 5.27. The molecule has 1 heterocycles. The van der Waals surface area contributed by atoms with Crippen LogP contribution in [0.15, 0.2) is 18.2 Å². The van der Waals surface area contributed by atoms with E-state index in [-0.39, 0.29) is 17.1 Å². The van der Waals surface area contributed by atoms with E-state index in [0.717, 1.165) is 44.3 Å². The number of aromatic hydroxyl groups is 1. The highest BCUT2D eigenvalue weighted by Gasteiger charge is 2.38. The van der Waals surface area contributed by atoms with Crippen LogP contribution in [0.5, 0.6) is 5.75 Å². The van der Waals surface area contributed by atoms with Crippen LogP contribution in [0.1, 0.15) is 38.2 Å². The number of carbonyl (C=O) groups is 1. The van der Waals surface area contributed by atoms with E-state index in [4.69, 9.17) is 0 Å². The fourth-order valence-corrected chi connectivity index (χ4v) is 2.92. The van der Waals surface area contributed by atoms with Gasteiger partial charge >= 0.3 is 0 Å². The van der Waals surface area contributed by atoms with Gasteiger partial charge in [0.1, 0.15) is 5.75 Å². The number of carbonyl (C=O) groups excluding carboxylic acids is 1. The molecular formula is C16H24N2O2. The van der Waals surface area contributed by atoms with E-state index in [1.807, 2.05) is 19.1 Å². The molecule has 0 aliphatic carbocycles. The molecule has 1 atom stereocenters. The summed E-state index contributed by atoms with van der Waals surface area (Å²) in [5, 5.41) is 16.0. The number of rotatable bonds is 4. The molecule has 4 heteroatoms. The lowest BCUT2D eigenvalue weighted by Gasteiger charge is -2.36. The van der Waals surface area contributed by atoms with Crippen LogP contribution in [0.2, 0.25) is 0 Å². The van der Waals surface area contributed by atoms with Crippen molar-refractivity contribution in [3.63, 3.8) is 0 Å². The van der Waals surface area contributed by atoms with Gasteiger partial charge in [0.15, 0.2) is 0 Å². The van der Waals surface area contributed by atoms with Gasteiger partial charge in [-0.05, 0) is 44.4 Å². The van der Waals surface area contributed by atoms with Gasteiger partial charge in [-0.1, -0.05) is 19.4 Å². The summed E-state index contributed by atoms with van der Waals surface area (Å²) in [5.41, 5.74) is 1.16. The normalized spacial score (nSPS) is 22.5. The van der Waals surface area contributed by atoms with E-state index in [9.17, 15) is 9.90 Å². The number of benzene rings is 1. The number of nitrogens with one attached hydrogen (secondary N) is 2. The zero-order valence-electron chi connectivity index (χ0n) is 12.3. The molecule has 1 amide bonds. The van der Waals surface area contributed by atoms with Gasteiger partial charge in [0.25, 0.3) is 0 Å². The molecule has 1 aromatic rings. The van der Waals surface area contributed by atoms with Crippen LogP contribution in [0.3, 0.4) is 0 Å². The van der Waals surface area contributed by atoms with Crippen LogP contribution in [-0.4, -0.2) is 24.1 Å². The molecule has 1 fully saturated rings. The van der Waals surface area contributed by atoms with E-state index in [1.54, 1.807) is 6.07 Å². The molecule has 20 heavy (non-hydrogen) atoms. The smallest absolute Gasteiger partial charge is 0.231 e. The summed E-state index contributed by atoms with van der Waals surface area (Å²) in [6.45, 7) is 5.68. The molecule has 0 radical (unpaired) electrons. The minimum Gasteiger partial charge on any atom is -0.508 e. The van der Waals surface area contributed by atoms with E-state index in [1.165, 1.54) is 0 Å². The molecule has 4 nitrogen and oxygen atoms in total. The predicted molar refractivity (Wildman–Crippen MR) is 80.9 cm³/mol. The van der Waals surface area contributed by atoms with Crippen LogP contribution < -0.4 is 10.6 Å². The first-order chi connectivity index (χ1) is 9.57. The number of anilines is 1. The SMILES string of the molecule is CCCC1(C(=O)Nc2ccc(C)c(O)c2)CCCNC1. The van der Waals surface area contributed by atoms with Crippen molar-refractivity contribution in [2.75, 3.05) is 18.4 Å². The van der Waals surface area contributed by atoms with Gasteiger partial charge in [-0.3, -0.25) is 4.79 Å². The summed E-state index contributed by atoms with van der Waals surface area (Å²) in [7, 11) is 0. The van der Waals surface area contributed by atoms with Crippen molar-refractivity contribution >= 4 is 11.6 Å². The molecule has 0 saturated carbocycles. The van der Waals surface area contributed by atoms with Crippen LogP contribution >= 0.6 is 0 Å². The molecule has 1 unspecified atom stereocenters. The van der Waals surface area contributed by atoms with Gasteiger partial charge in [0, 0.05) is 18.3 Å². The largest absolute Gasteiger partial charge is 0.508 e. The van der Waals surface area contributed by atoms with Gasteiger partial charge in [-0.2, -0.15) is 0 Å². The van der Waals surface area contributed by atoms with Crippen molar-refractivity contribution in [2.24, 2.45) is 5.41 Å². The number of hydrogen-bond donors (Lipinski definition) is 3. The van der Waals surface area contributed by atoms with Gasteiger partial charge in [0.05, 0.1) is 5.41 Å². The molecule has 3 N–H and O–H groups in total. The minimum atomic E-state index is -0.312. The quantitative estimate of drug-likeness (QED) is 0.792. The highest BCUT2D eigenvalue weighted by atomic mass is 16.3. The average molecular weight is 276 g/mol. The molecular weight excluding hydrogens is 252 g/mol. The summed E-state index contributed by atoms with van der Waals surface area (Å²) in [4.78, 5) is 12.6. The Hall–Kier alpha value is -1.55. The second-order valence-electron chi connectivity index (χ2n) is 5.77. The maximum absolute atomic E-state index is 12.6. The Bertz CT molecular complexity index is 474. The highest BCUT2D eigenvalue weighted by Crippen LogP contribution is 2.33. The topological polar surface area (TPSA) is 61.4 Å². The lowest BCUT2D eigenvalue weighted by molar-refractivity contribution is -0.127. The number of hydrogen-bond acceptors (Lipinski definition) is 3. The molecule has 1 aromatic carbocycles. The molecule has 1 saturated heterocycles. The lowest BCUT2D eigenvalue weighted by atomic mass is 9.76.